The van der Waals surface area contributed by atoms with Crippen LogP contribution in [0.3, 0.4) is 0 Å². The molecule has 1 aliphatic rings. The lowest BCUT2D eigenvalue weighted by Crippen LogP contribution is -2.29. The molecule has 1 aromatic rings. The third-order valence-corrected chi connectivity index (χ3v) is 5.26. The fourth-order valence-electron chi connectivity index (χ4n) is 2.21. The highest BCUT2D eigenvalue weighted by molar-refractivity contribution is 7.89. The maximum atomic E-state index is 12.5. The first-order valence-electron chi connectivity index (χ1n) is 6.28. The van der Waals surface area contributed by atoms with Crippen LogP contribution in [0.25, 0.3) is 0 Å². The number of carbonyl (C=O) groups excluding carboxylic acids is 1. The van der Waals surface area contributed by atoms with Crippen LogP contribution in [0.1, 0.15) is 16.8 Å². The van der Waals surface area contributed by atoms with Crippen molar-refractivity contribution in [2.75, 3.05) is 26.8 Å². The summed E-state index contributed by atoms with van der Waals surface area (Å²) in [5.41, 5.74) is 0.200. The van der Waals surface area contributed by atoms with Gasteiger partial charge in [0.05, 0.1) is 17.6 Å². The van der Waals surface area contributed by atoms with Crippen molar-refractivity contribution in [1.82, 2.24) is 4.31 Å². The molecule has 0 spiro atoms. The van der Waals surface area contributed by atoms with Gasteiger partial charge in [-0.1, -0.05) is 6.07 Å². The summed E-state index contributed by atoms with van der Waals surface area (Å²) >= 11 is 0. The number of esters is 1. The largest absolute Gasteiger partial charge is 0.465 e. The van der Waals surface area contributed by atoms with Gasteiger partial charge in [-0.2, -0.15) is 4.31 Å². The minimum atomic E-state index is -3.63. The Morgan fingerprint density at radius 3 is 2.85 bits per heavy atom. The van der Waals surface area contributed by atoms with E-state index >= 15 is 0 Å². The monoisotopic (exact) mass is 299 g/mol. The molecule has 1 unspecified atom stereocenters. The molecule has 0 bridgehead atoms. The van der Waals surface area contributed by atoms with Gasteiger partial charge in [0, 0.05) is 19.7 Å². The summed E-state index contributed by atoms with van der Waals surface area (Å²) in [7, 11) is -2.39. The van der Waals surface area contributed by atoms with Crippen molar-refractivity contribution in [3.8, 4) is 0 Å². The van der Waals surface area contributed by atoms with E-state index in [1.807, 2.05) is 0 Å². The number of methoxy groups -OCH3 is 1. The number of aliphatic hydroxyl groups is 1. The van der Waals surface area contributed by atoms with E-state index in [4.69, 9.17) is 5.11 Å². The molecule has 1 fully saturated rings. The van der Waals surface area contributed by atoms with E-state index in [9.17, 15) is 13.2 Å². The third-order valence-electron chi connectivity index (χ3n) is 3.40. The Morgan fingerprint density at radius 2 is 2.25 bits per heavy atom. The van der Waals surface area contributed by atoms with E-state index in [1.165, 1.54) is 35.7 Å². The van der Waals surface area contributed by atoms with Crippen LogP contribution in [0.15, 0.2) is 29.2 Å². The lowest BCUT2D eigenvalue weighted by Gasteiger charge is -2.16. The summed E-state index contributed by atoms with van der Waals surface area (Å²) in [6, 6.07) is 5.78. The minimum Gasteiger partial charge on any atom is -0.465 e. The zero-order chi connectivity index (χ0) is 14.8. The van der Waals surface area contributed by atoms with Gasteiger partial charge in [0.1, 0.15) is 0 Å². The second kappa shape index (κ2) is 5.90. The molecule has 6 nitrogen and oxygen atoms in total. The second-order valence-electron chi connectivity index (χ2n) is 4.72. The summed E-state index contributed by atoms with van der Waals surface area (Å²) in [6.45, 7) is 0.672. The van der Waals surface area contributed by atoms with E-state index in [1.54, 1.807) is 0 Å². The summed E-state index contributed by atoms with van der Waals surface area (Å²) in [5.74, 6) is -0.592. The number of benzene rings is 1. The van der Waals surface area contributed by atoms with E-state index in [0.717, 1.165) is 0 Å². The molecule has 0 saturated carbocycles. The Balaban J connectivity index is 2.28. The Kier molecular flexibility index (Phi) is 4.42. The van der Waals surface area contributed by atoms with Gasteiger partial charge in [0.25, 0.3) is 0 Å². The number of rotatable bonds is 4. The van der Waals surface area contributed by atoms with Crippen molar-refractivity contribution in [2.45, 2.75) is 11.3 Å². The Hall–Kier alpha value is -1.44. The van der Waals surface area contributed by atoms with Crippen molar-refractivity contribution in [2.24, 2.45) is 5.92 Å². The van der Waals surface area contributed by atoms with Crippen molar-refractivity contribution in [3.05, 3.63) is 29.8 Å². The highest BCUT2D eigenvalue weighted by Crippen LogP contribution is 2.24. The molecule has 0 aromatic heterocycles. The summed E-state index contributed by atoms with van der Waals surface area (Å²) in [6.07, 6.45) is 0.645. The molecular weight excluding hydrogens is 282 g/mol. The van der Waals surface area contributed by atoms with Gasteiger partial charge in [-0.3, -0.25) is 0 Å². The van der Waals surface area contributed by atoms with E-state index < -0.39 is 16.0 Å². The van der Waals surface area contributed by atoms with Crippen LogP contribution in [0, 0.1) is 5.92 Å². The van der Waals surface area contributed by atoms with E-state index in [2.05, 4.69) is 4.74 Å². The lowest BCUT2D eigenvalue weighted by molar-refractivity contribution is 0.0600. The molecule has 1 atom stereocenters. The molecule has 110 valence electrons. The molecule has 1 N–H and O–H groups in total. The molecule has 1 saturated heterocycles. The standard InChI is InChI=1S/C13H17NO5S/c1-19-13(16)11-3-2-4-12(7-11)20(17,18)14-6-5-10(8-14)9-15/h2-4,7,10,15H,5-6,8-9H2,1H3. The molecule has 7 heteroatoms. The first-order chi connectivity index (χ1) is 9.48. The number of nitrogens with zero attached hydrogens (tertiary/aromatic N) is 1. The van der Waals surface area contributed by atoms with Crippen molar-refractivity contribution in [1.29, 1.82) is 0 Å². The van der Waals surface area contributed by atoms with Gasteiger partial charge in [-0.25, -0.2) is 13.2 Å². The molecular formula is C13H17NO5S. The topological polar surface area (TPSA) is 83.9 Å². The number of aliphatic hydroxyl groups excluding tert-OH is 1. The number of ether oxygens (including phenoxy) is 1. The summed E-state index contributed by atoms with van der Waals surface area (Å²) in [4.78, 5) is 11.5. The Labute approximate surface area is 118 Å². The fourth-order valence-corrected chi connectivity index (χ4v) is 3.79. The zero-order valence-corrected chi connectivity index (χ0v) is 12.0. The van der Waals surface area contributed by atoms with Gasteiger partial charge in [-0.05, 0) is 30.5 Å². The van der Waals surface area contributed by atoms with Gasteiger partial charge in [-0.15, -0.1) is 0 Å². The van der Waals surface area contributed by atoms with Crippen LogP contribution in [-0.4, -0.2) is 50.6 Å². The van der Waals surface area contributed by atoms with Gasteiger partial charge in [0.2, 0.25) is 10.0 Å². The normalized spacial score (nSPS) is 20.0. The van der Waals surface area contributed by atoms with Crippen LogP contribution in [-0.2, 0) is 14.8 Å². The Morgan fingerprint density at radius 1 is 1.50 bits per heavy atom. The van der Waals surface area contributed by atoms with Gasteiger partial charge in [0.15, 0.2) is 0 Å². The maximum Gasteiger partial charge on any atom is 0.337 e. The number of hydrogen-bond donors (Lipinski definition) is 1. The van der Waals surface area contributed by atoms with Crippen molar-refractivity contribution < 1.29 is 23.1 Å². The minimum absolute atomic E-state index is 0.0196. The average Bonchev–Trinajstić information content (AvgIpc) is 2.96. The first kappa shape index (κ1) is 15.0. The second-order valence-corrected chi connectivity index (χ2v) is 6.66. The van der Waals surface area contributed by atoms with Crippen molar-refractivity contribution in [3.63, 3.8) is 0 Å². The molecule has 0 aliphatic carbocycles. The lowest BCUT2D eigenvalue weighted by atomic mass is 10.1. The highest BCUT2D eigenvalue weighted by Gasteiger charge is 2.32. The molecule has 1 aromatic carbocycles. The molecule has 0 radical (unpaired) electrons. The highest BCUT2D eigenvalue weighted by atomic mass is 32.2. The summed E-state index contributed by atoms with van der Waals surface area (Å²) in [5, 5.41) is 9.09. The zero-order valence-electron chi connectivity index (χ0n) is 11.2. The van der Waals surface area contributed by atoms with Crippen molar-refractivity contribution >= 4 is 16.0 Å². The SMILES string of the molecule is COC(=O)c1cccc(S(=O)(=O)N2CCC(CO)C2)c1. The first-order valence-corrected chi connectivity index (χ1v) is 7.72. The van der Waals surface area contributed by atoms with Crippen LogP contribution in [0.4, 0.5) is 0 Å². The van der Waals surface area contributed by atoms with Crippen LogP contribution >= 0.6 is 0 Å². The maximum absolute atomic E-state index is 12.5. The van der Waals surface area contributed by atoms with E-state index in [0.29, 0.717) is 19.5 Å². The number of sulfonamides is 1. The fraction of sp³-hybridized carbons (Fsp3) is 0.462. The van der Waals surface area contributed by atoms with Crippen LogP contribution in [0.2, 0.25) is 0 Å². The smallest absolute Gasteiger partial charge is 0.337 e. The molecule has 1 aliphatic heterocycles. The van der Waals surface area contributed by atoms with Crippen LogP contribution < -0.4 is 0 Å². The average molecular weight is 299 g/mol. The van der Waals surface area contributed by atoms with Crippen LogP contribution in [0.5, 0.6) is 0 Å². The number of carbonyl (C=O) groups is 1. The van der Waals surface area contributed by atoms with E-state index in [-0.39, 0.29) is 23.0 Å². The molecule has 1 heterocycles. The predicted molar refractivity (Wildman–Crippen MR) is 71.7 cm³/mol. The predicted octanol–water partition coefficient (Wildman–Crippen LogP) is 0.476. The summed E-state index contributed by atoms with van der Waals surface area (Å²) < 4.78 is 30.8. The molecule has 20 heavy (non-hydrogen) atoms. The Bertz CT molecular complexity index is 599. The third kappa shape index (κ3) is 2.84. The molecule has 2 rings (SSSR count). The van der Waals surface area contributed by atoms with Gasteiger partial charge >= 0.3 is 5.97 Å². The van der Waals surface area contributed by atoms with Gasteiger partial charge < -0.3 is 9.84 Å². The molecule has 0 amide bonds. The quantitative estimate of drug-likeness (QED) is 0.817. The number of hydrogen-bond acceptors (Lipinski definition) is 5.